The maximum atomic E-state index is 14.1. The molecular formula is C32H49NO3Sn. The fourth-order valence-corrected chi connectivity index (χ4v) is 24.0. The first kappa shape index (κ1) is 31.4. The van der Waals surface area contributed by atoms with Crippen molar-refractivity contribution in [2.24, 2.45) is 0 Å². The topological polar surface area (TPSA) is 49.8 Å². The molecule has 0 fully saturated rings. The first-order valence-corrected chi connectivity index (χ1v) is 22.0. The van der Waals surface area contributed by atoms with E-state index < -0.39 is 24.4 Å². The first-order valence-electron chi connectivity index (χ1n) is 14.3. The normalized spacial score (nSPS) is 13.1. The molecule has 0 spiro atoms. The zero-order valence-electron chi connectivity index (χ0n) is 23.4. The van der Waals surface area contributed by atoms with E-state index in [4.69, 9.17) is 4.74 Å². The van der Waals surface area contributed by atoms with E-state index in [1.807, 2.05) is 71.6 Å². The van der Waals surface area contributed by atoms with Crippen LogP contribution in [0.4, 0.5) is 4.79 Å². The summed E-state index contributed by atoms with van der Waals surface area (Å²) in [5.74, 6) is 0. The molecule has 0 saturated carbocycles. The number of nitrogens with zero attached hydrogens (tertiary/aromatic N) is 1. The Balaban J connectivity index is 2.59. The van der Waals surface area contributed by atoms with Gasteiger partial charge in [0, 0.05) is 0 Å². The standard InChI is InChI=1S/C20H22NO3.3C4H9.Sn/c1-2-3-14-21(19(15-22)18-12-8-5-9-13-18)20(23)24-16-17-10-6-4-7-11-17;3*1-3-4-2;/h2,4-14,19,22H,1,3,15-16H2;3*1,3-4H2,2H3;/t19-;;;;/m0..../s1. The zero-order chi connectivity index (χ0) is 26.9. The molecule has 0 aliphatic rings. The number of ether oxygens (including phenoxy) is 1. The van der Waals surface area contributed by atoms with Gasteiger partial charge >= 0.3 is 231 Å². The van der Waals surface area contributed by atoms with Crippen LogP contribution < -0.4 is 0 Å². The van der Waals surface area contributed by atoms with Crippen molar-refractivity contribution in [3.05, 3.63) is 84.4 Å². The van der Waals surface area contributed by atoms with Crippen LogP contribution >= 0.6 is 0 Å². The number of carbonyl (C=O) groups excluding carboxylic acids is 1. The van der Waals surface area contributed by atoms with E-state index in [0.29, 0.717) is 0 Å². The van der Waals surface area contributed by atoms with Crippen LogP contribution in [0.1, 0.15) is 82.9 Å². The summed E-state index contributed by atoms with van der Waals surface area (Å²) in [5, 5.41) is 10.7. The number of aliphatic hydroxyl groups excluding tert-OH is 1. The number of amides is 1. The molecule has 1 N–H and O–H groups in total. The van der Waals surface area contributed by atoms with Gasteiger partial charge in [0.2, 0.25) is 0 Å². The summed E-state index contributed by atoms with van der Waals surface area (Å²) in [4.78, 5) is 16.0. The molecule has 4 nitrogen and oxygen atoms in total. The van der Waals surface area contributed by atoms with Gasteiger partial charge in [-0.2, -0.15) is 0 Å². The summed E-state index contributed by atoms with van der Waals surface area (Å²) in [6.07, 6.45) is 9.56. The van der Waals surface area contributed by atoms with Gasteiger partial charge in [-0.15, -0.1) is 0 Å². The molecule has 2 aromatic carbocycles. The van der Waals surface area contributed by atoms with Gasteiger partial charge < -0.3 is 0 Å². The fraction of sp³-hybridized carbons (Fsp3) is 0.531. The number of unbranched alkanes of at least 4 members (excludes halogenated alkanes) is 3. The summed E-state index contributed by atoms with van der Waals surface area (Å²) >= 11 is -3.01. The van der Waals surface area contributed by atoms with Crippen molar-refractivity contribution in [1.29, 1.82) is 0 Å². The Bertz CT molecular complexity index is 868. The summed E-state index contributed by atoms with van der Waals surface area (Å²) in [6, 6.07) is 19.4. The van der Waals surface area contributed by atoms with E-state index in [1.54, 1.807) is 0 Å². The molecule has 2 atom stereocenters. The van der Waals surface area contributed by atoms with Crippen LogP contribution in [0.2, 0.25) is 13.3 Å². The van der Waals surface area contributed by atoms with Gasteiger partial charge in [-0.25, -0.2) is 0 Å². The first-order chi connectivity index (χ1) is 18.1. The van der Waals surface area contributed by atoms with Crippen LogP contribution in [0, 0.1) is 0 Å². The Morgan fingerprint density at radius 3 is 1.89 bits per heavy atom. The van der Waals surface area contributed by atoms with Crippen molar-refractivity contribution in [2.45, 2.75) is 95.7 Å². The molecule has 2 aromatic rings. The quantitative estimate of drug-likeness (QED) is 0.135. The second-order valence-corrected chi connectivity index (χ2v) is 24.2. The Hall–Kier alpha value is -1.79. The number of aliphatic hydroxyl groups is 1. The predicted molar refractivity (Wildman–Crippen MR) is 158 cm³/mol. The van der Waals surface area contributed by atoms with Crippen molar-refractivity contribution in [3.63, 3.8) is 0 Å². The van der Waals surface area contributed by atoms with Crippen molar-refractivity contribution in [3.8, 4) is 0 Å². The summed E-state index contributed by atoms with van der Waals surface area (Å²) < 4.78 is 9.89. The fourth-order valence-electron chi connectivity index (χ4n) is 5.57. The summed E-state index contributed by atoms with van der Waals surface area (Å²) in [7, 11) is 0. The molecule has 0 aliphatic heterocycles. The third-order valence-electron chi connectivity index (χ3n) is 7.63. The van der Waals surface area contributed by atoms with Gasteiger partial charge in [-0.1, -0.05) is 0 Å². The van der Waals surface area contributed by atoms with Crippen LogP contribution in [-0.2, 0) is 11.3 Å². The van der Waals surface area contributed by atoms with Gasteiger partial charge in [0.15, 0.2) is 0 Å². The molecule has 0 aromatic heterocycles. The molecule has 0 saturated heterocycles. The van der Waals surface area contributed by atoms with Crippen LogP contribution in [0.25, 0.3) is 0 Å². The predicted octanol–water partition coefficient (Wildman–Crippen LogP) is 8.69. The van der Waals surface area contributed by atoms with Gasteiger partial charge in [0.05, 0.1) is 0 Å². The molecule has 1 amide bonds. The Labute approximate surface area is 230 Å². The summed E-state index contributed by atoms with van der Waals surface area (Å²) in [5.41, 5.74) is 1.92. The molecule has 2 rings (SSSR count). The summed E-state index contributed by atoms with van der Waals surface area (Å²) in [6.45, 7) is 11.0. The van der Waals surface area contributed by atoms with E-state index in [0.717, 1.165) is 36.8 Å². The van der Waals surface area contributed by atoms with Gasteiger partial charge in [-0.3, -0.25) is 0 Å². The molecule has 5 heteroatoms. The molecule has 0 radical (unpaired) electrons. The van der Waals surface area contributed by atoms with Crippen molar-refractivity contribution in [1.82, 2.24) is 4.90 Å². The SMILES string of the molecule is C=CC[C@@H](N(C(=O)OCc1ccccc1)[C@@H](CO)c1ccccc1)[Sn]([CH2]CCC)([CH2]CCC)[CH2]CCC. The van der Waals surface area contributed by atoms with Gasteiger partial charge in [0.25, 0.3) is 0 Å². The van der Waals surface area contributed by atoms with Crippen LogP contribution in [-0.4, -0.2) is 45.1 Å². The average Bonchev–Trinajstić information content (AvgIpc) is 2.94. The number of carbonyl (C=O) groups is 1. The third-order valence-corrected chi connectivity index (χ3v) is 24.7. The van der Waals surface area contributed by atoms with Crippen molar-refractivity contribution >= 4 is 24.5 Å². The molecule has 0 aliphatic carbocycles. The van der Waals surface area contributed by atoms with E-state index >= 15 is 0 Å². The Morgan fingerprint density at radius 2 is 1.43 bits per heavy atom. The Morgan fingerprint density at radius 1 is 0.919 bits per heavy atom. The molecule has 0 heterocycles. The number of rotatable bonds is 18. The number of benzene rings is 2. The molecule has 204 valence electrons. The minimum atomic E-state index is -3.01. The van der Waals surface area contributed by atoms with Crippen LogP contribution in [0.15, 0.2) is 73.3 Å². The average molecular weight is 614 g/mol. The molecule has 37 heavy (non-hydrogen) atoms. The van der Waals surface area contributed by atoms with Gasteiger partial charge in [0.1, 0.15) is 0 Å². The van der Waals surface area contributed by atoms with E-state index in [9.17, 15) is 9.90 Å². The third kappa shape index (κ3) is 9.47. The van der Waals surface area contributed by atoms with Crippen LogP contribution in [0.3, 0.4) is 0 Å². The van der Waals surface area contributed by atoms with E-state index in [1.165, 1.54) is 32.6 Å². The molecule has 0 unspecified atom stereocenters. The number of hydrogen-bond donors (Lipinski definition) is 1. The van der Waals surface area contributed by atoms with Crippen molar-refractivity contribution in [2.75, 3.05) is 6.61 Å². The van der Waals surface area contributed by atoms with Crippen LogP contribution in [0.5, 0.6) is 0 Å². The van der Waals surface area contributed by atoms with E-state index in [2.05, 4.69) is 27.4 Å². The molecule has 0 bridgehead atoms. The van der Waals surface area contributed by atoms with Crippen molar-refractivity contribution < 1.29 is 14.6 Å². The monoisotopic (exact) mass is 615 g/mol. The molecular weight excluding hydrogens is 565 g/mol. The van der Waals surface area contributed by atoms with E-state index in [-0.39, 0.29) is 23.4 Å². The number of hydrogen-bond acceptors (Lipinski definition) is 3. The second kappa shape index (κ2) is 17.7. The maximum absolute atomic E-state index is 14.1. The second-order valence-electron chi connectivity index (χ2n) is 10.3. The van der Waals surface area contributed by atoms with Gasteiger partial charge in [-0.05, 0) is 0 Å². The minimum absolute atomic E-state index is 0.0945. The zero-order valence-corrected chi connectivity index (χ0v) is 26.3. The Kier molecular flexibility index (Phi) is 15.0.